The molecule has 0 bridgehead atoms. The lowest BCUT2D eigenvalue weighted by Crippen LogP contribution is -2.50. The summed E-state index contributed by atoms with van der Waals surface area (Å²) in [5.41, 5.74) is 0.884. The zero-order chi connectivity index (χ0) is 20.6. The number of guanidine groups is 1. The molecule has 0 radical (unpaired) electrons. The van der Waals surface area contributed by atoms with Crippen molar-refractivity contribution in [1.29, 1.82) is 0 Å². The van der Waals surface area contributed by atoms with Crippen LogP contribution in [0.4, 0.5) is 17.6 Å². The molecule has 2 rings (SSSR count). The van der Waals surface area contributed by atoms with E-state index in [1.54, 1.807) is 12.1 Å². The smallest absolute Gasteiger partial charge is 0.372 e. The lowest BCUT2D eigenvalue weighted by molar-refractivity contribution is -0.173. The number of ether oxygens (including phenoxy) is 2. The Morgan fingerprint density at radius 1 is 1.29 bits per heavy atom. The molecule has 1 aliphatic heterocycles. The van der Waals surface area contributed by atoms with Crippen LogP contribution in [0.5, 0.6) is 0 Å². The fraction of sp³-hybridized carbons (Fsp3) is 0.632. The first-order chi connectivity index (χ1) is 13.3. The number of alkyl halides is 3. The summed E-state index contributed by atoms with van der Waals surface area (Å²) < 4.78 is 60.0. The van der Waals surface area contributed by atoms with Crippen LogP contribution in [0.3, 0.4) is 0 Å². The van der Waals surface area contributed by atoms with E-state index in [9.17, 15) is 17.6 Å². The van der Waals surface area contributed by atoms with Gasteiger partial charge in [-0.05, 0) is 38.0 Å². The standard InChI is InChI=1S/C19H27F4N3O2/c1-3-24-18(25-9-4-10-27-13-19(21,22)23)26-11-14(2)28-17(12-26)15-5-7-16(20)8-6-15/h5-8,14,17H,3-4,9-13H2,1-2H3,(H,24,25). The molecule has 158 valence electrons. The van der Waals surface area contributed by atoms with Gasteiger partial charge in [0.15, 0.2) is 5.96 Å². The van der Waals surface area contributed by atoms with E-state index in [-0.39, 0.29) is 24.6 Å². The Labute approximate surface area is 162 Å². The lowest BCUT2D eigenvalue weighted by Gasteiger charge is -2.38. The molecule has 1 saturated heterocycles. The highest BCUT2D eigenvalue weighted by Crippen LogP contribution is 2.25. The van der Waals surface area contributed by atoms with Crippen molar-refractivity contribution in [2.75, 3.05) is 39.4 Å². The summed E-state index contributed by atoms with van der Waals surface area (Å²) in [5, 5.41) is 3.21. The summed E-state index contributed by atoms with van der Waals surface area (Å²) in [5.74, 6) is 0.382. The van der Waals surface area contributed by atoms with Crippen molar-refractivity contribution < 1.29 is 27.0 Å². The van der Waals surface area contributed by atoms with Gasteiger partial charge in [0.2, 0.25) is 0 Å². The second-order valence-corrected chi connectivity index (χ2v) is 6.65. The Morgan fingerprint density at radius 3 is 2.64 bits per heavy atom. The summed E-state index contributed by atoms with van der Waals surface area (Å²) in [7, 11) is 0. The van der Waals surface area contributed by atoms with Crippen molar-refractivity contribution >= 4 is 5.96 Å². The fourth-order valence-electron chi connectivity index (χ4n) is 2.95. The van der Waals surface area contributed by atoms with Crippen molar-refractivity contribution in [3.05, 3.63) is 35.6 Å². The average molecular weight is 405 g/mol. The highest BCUT2D eigenvalue weighted by molar-refractivity contribution is 5.80. The van der Waals surface area contributed by atoms with Crippen LogP contribution in [-0.4, -0.2) is 62.5 Å². The normalized spacial score (nSPS) is 21.1. The molecule has 1 fully saturated rings. The zero-order valence-electron chi connectivity index (χ0n) is 16.1. The van der Waals surface area contributed by atoms with Crippen LogP contribution in [0, 0.1) is 5.82 Å². The Morgan fingerprint density at radius 2 is 2.00 bits per heavy atom. The van der Waals surface area contributed by atoms with Gasteiger partial charge in [0, 0.05) is 26.2 Å². The maximum absolute atomic E-state index is 13.2. The minimum absolute atomic E-state index is 0.000132. The van der Waals surface area contributed by atoms with Gasteiger partial charge in [-0.25, -0.2) is 4.39 Å². The molecule has 1 aromatic carbocycles. The summed E-state index contributed by atoms with van der Waals surface area (Å²) in [6.45, 7) is 4.86. The van der Waals surface area contributed by atoms with Gasteiger partial charge in [0.25, 0.3) is 0 Å². The van der Waals surface area contributed by atoms with E-state index in [0.29, 0.717) is 38.6 Å². The molecule has 2 atom stereocenters. The maximum Gasteiger partial charge on any atom is 0.411 e. The first kappa shape index (κ1) is 22.4. The largest absolute Gasteiger partial charge is 0.411 e. The van der Waals surface area contributed by atoms with Crippen molar-refractivity contribution in [2.24, 2.45) is 4.99 Å². The summed E-state index contributed by atoms with van der Waals surface area (Å²) in [6.07, 6.45) is -4.19. The van der Waals surface area contributed by atoms with Crippen LogP contribution < -0.4 is 5.32 Å². The molecule has 0 aromatic heterocycles. The van der Waals surface area contributed by atoms with Gasteiger partial charge in [-0.15, -0.1) is 0 Å². The van der Waals surface area contributed by atoms with Crippen LogP contribution in [0.15, 0.2) is 29.3 Å². The van der Waals surface area contributed by atoms with Crippen molar-refractivity contribution in [2.45, 2.75) is 38.7 Å². The van der Waals surface area contributed by atoms with Gasteiger partial charge in [-0.2, -0.15) is 13.2 Å². The number of nitrogens with one attached hydrogen (secondary N) is 1. The molecule has 1 aromatic rings. The maximum atomic E-state index is 13.2. The second kappa shape index (κ2) is 10.6. The van der Waals surface area contributed by atoms with E-state index in [4.69, 9.17) is 4.74 Å². The molecule has 0 saturated carbocycles. The van der Waals surface area contributed by atoms with Gasteiger partial charge in [-0.3, -0.25) is 4.99 Å². The number of benzene rings is 1. The molecule has 1 heterocycles. The molecule has 1 aliphatic rings. The minimum atomic E-state index is -4.31. The molecule has 5 nitrogen and oxygen atoms in total. The van der Waals surface area contributed by atoms with E-state index >= 15 is 0 Å². The van der Waals surface area contributed by atoms with E-state index in [2.05, 4.69) is 19.9 Å². The molecule has 2 unspecified atom stereocenters. The summed E-state index contributed by atoms with van der Waals surface area (Å²) in [4.78, 5) is 6.56. The third-order valence-corrected chi connectivity index (χ3v) is 4.11. The van der Waals surface area contributed by atoms with Crippen LogP contribution >= 0.6 is 0 Å². The van der Waals surface area contributed by atoms with Crippen molar-refractivity contribution in [3.8, 4) is 0 Å². The molecule has 0 aliphatic carbocycles. The first-order valence-corrected chi connectivity index (χ1v) is 9.37. The average Bonchev–Trinajstić information content (AvgIpc) is 2.62. The fourth-order valence-corrected chi connectivity index (χ4v) is 2.95. The number of halogens is 4. The van der Waals surface area contributed by atoms with Crippen LogP contribution in [0.1, 0.15) is 31.9 Å². The van der Waals surface area contributed by atoms with E-state index in [0.717, 1.165) is 5.56 Å². The number of rotatable bonds is 7. The van der Waals surface area contributed by atoms with Gasteiger partial charge >= 0.3 is 6.18 Å². The van der Waals surface area contributed by atoms with E-state index < -0.39 is 12.8 Å². The minimum Gasteiger partial charge on any atom is -0.372 e. The highest BCUT2D eigenvalue weighted by Gasteiger charge is 2.29. The van der Waals surface area contributed by atoms with Gasteiger partial charge in [0.05, 0.1) is 12.6 Å². The van der Waals surface area contributed by atoms with Crippen LogP contribution in [0.25, 0.3) is 0 Å². The number of hydrogen-bond acceptors (Lipinski definition) is 3. The highest BCUT2D eigenvalue weighted by atomic mass is 19.4. The Kier molecular flexibility index (Phi) is 8.50. The Balaban J connectivity index is 1.94. The topological polar surface area (TPSA) is 46.1 Å². The monoisotopic (exact) mass is 405 g/mol. The summed E-state index contributed by atoms with van der Waals surface area (Å²) >= 11 is 0. The quantitative estimate of drug-likeness (QED) is 0.326. The second-order valence-electron chi connectivity index (χ2n) is 6.65. The third-order valence-electron chi connectivity index (χ3n) is 4.11. The number of hydrogen-bond donors (Lipinski definition) is 1. The number of nitrogens with zero attached hydrogens (tertiary/aromatic N) is 2. The summed E-state index contributed by atoms with van der Waals surface area (Å²) in [6, 6.07) is 6.22. The molecule has 0 spiro atoms. The molecular formula is C19H27F4N3O2. The van der Waals surface area contributed by atoms with Crippen LogP contribution in [0.2, 0.25) is 0 Å². The van der Waals surface area contributed by atoms with Crippen LogP contribution in [-0.2, 0) is 9.47 Å². The van der Waals surface area contributed by atoms with Gasteiger partial charge in [0.1, 0.15) is 18.5 Å². The Bertz CT molecular complexity index is 623. The van der Waals surface area contributed by atoms with E-state index in [1.807, 2.05) is 13.8 Å². The van der Waals surface area contributed by atoms with Crippen molar-refractivity contribution in [1.82, 2.24) is 10.2 Å². The predicted octanol–water partition coefficient (Wildman–Crippen LogP) is 3.52. The van der Waals surface area contributed by atoms with Gasteiger partial charge < -0.3 is 19.7 Å². The molecule has 9 heteroatoms. The molecular weight excluding hydrogens is 378 g/mol. The lowest BCUT2D eigenvalue weighted by atomic mass is 10.1. The van der Waals surface area contributed by atoms with Gasteiger partial charge in [-0.1, -0.05) is 12.1 Å². The predicted molar refractivity (Wildman–Crippen MR) is 98.7 cm³/mol. The zero-order valence-corrected chi connectivity index (χ0v) is 16.1. The Hall–Kier alpha value is -1.87. The number of morpholine rings is 1. The van der Waals surface area contributed by atoms with Crippen molar-refractivity contribution in [3.63, 3.8) is 0 Å². The molecule has 0 amide bonds. The number of aliphatic imine (C=N–C) groups is 1. The molecule has 1 N–H and O–H groups in total. The first-order valence-electron chi connectivity index (χ1n) is 9.37. The SMILES string of the molecule is CCNC(=NCCCOCC(F)(F)F)N1CC(C)OC(c2ccc(F)cc2)C1. The molecule has 28 heavy (non-hydrogen) atoms. The third kappa shape index (κ3) is 7.63. The van der Waals surface area contributed by atoms with E-state index in [1.165, 1.54) is 12.1 Å².